The number of halogens is 1. The number of anilines is 1. The van der Waals surface area contributed by atoms with Crippen LogP contribution in [0.1, 0.15) is 57.3 Å². The lowest BCUT2D eigenvalue weighted by molar-refractivity contribution is -0.384. The fourth-order valence-electron chi connectivity index (χ4n) is 3.22. The Balaban J connectivity index is 1.95. The van der Waals surface area contributed by atoms with Gasteiger partial charge in [0.2, 0.25) is 0 Å². The number of ether oxygens (including phenoxy) is 1. The Morgan fingerprint density at radius 1 is 1.29 bits per heavy atom. The van der Waals surface area contributed by atoms with Gasteiger partial charge in [-0.25, -0.2) is 4.79 Å². The number of aryl methyl sites for hydroxylation is 1. The molecule has 7 nitrogen and oxygen atoms in total. The Hall–Kier alpha value is -2.45. The van der Waals surface area contributed by atoms with Crippen LogP contribution < -0.4 is 5.32 Å². The van der Waals surface area contributed by atoms with Crippen molar-refractivity contribution < 1.29 is 19.2 Å². The Morgan fingerprint density at radius 3 is 2.75 bits per heavy atom. The van der Waals surface area contributed by atoms with E-state index in [2.05, 4.69) is 5.32 Å². The number of carbonyl (C=O) groups excluding carboxylic acids is 2. The number of nitrogens with one attached hydrogen (secondary N) is 1. The molecule has 0 radical (unpaired) electrons. The summed E-state index contributed by atoms with van der Waals surface area (Å²) in [7, 11) is 0. The number of thiophene rings is 1. The van der Waals surface area contributed by atoms with Gasteiger partial charge in [-0.3, -0.25) is 14.9 Å². The van der Waals surface area contributed by atoms with E-state index in [9.17, 15) is 19.7 Å². The molecule has 1 heterocycles. The molecule has 0 bridgehead atoms. The van der Waals surface area contributed by atoms with Crippen molar-refractivity contribution in [1.82, 2.24) is 0 Å². The van der Waals surface area contributed by atoms with Crippen LogP contribution in [0.3, 0.4) is 0 Å². The van der Waals surface area contributed by atoms with Gasteiger partial charge >= 0.3 is 5.97 Å². The van der Waals surface area contributed by atoms with Crippen molar-refractivity contribution in [3.8, 4) is 0 Å². The van der Waals surface area contributed by atoms with Crippen LogP contribution in [0.2, 0.25) is 5.02 Å². The largest absolute Gasteiger partial charge is 0.462 e. The third-order valence-electron chi connectivity index (χ3n) is 4.53. The number of fused-ring (bicyclic) bond motifs is 1. The van der Waals surface area contributed by atoms with E-state index in [4.69, 9.17) is 16.3 Å². The lowest BCUT2D eigenvalue weighted by atomic mass is 10.1. The van der Waals surface area contributed by atoms with Gasteiger partial charge in [-0.1, -0.05) is 18.0 Å². The van der Waals surface area contributed by atoms with Gasteiger partial charge in [0.25, 0.3) is 11.6 Å². The summed E-state index contributed by atoms with van der Waals surface area (Å²) >= 11 is 7.18. The van der Waals surface area contributed by atoms with Gasteiger partial charge in [-0.15, -0.1) is 11.3 Å². The molecule has 0 unspecified atom stereocenters. The number of esters is 1. The molecule has 0 saturated carbocycles. The molecule has 9 heteroatoms. The minimum Gasteiger partial charge on any atom is -0.462 e. The van der Waals surface area contributed by atoms with E-state index in [-0.39, 0.29) is 22.9 Å². The van der Waals surface area contributed by atoms with Gasteiger partial charge in [0.15, 0.2) is 0 Å². The number of hydrogen-bond acceptors (Lipinski definition) is 6. The Bertz CT molecular complexity index is 941. The van der Waals surface area contributed by atoms with E-state index in [1.54, 1.807) is 6.92 Å². The predicted octanol–water partition coefficient (Wildman–Crippen LogP) is 5.01. The summed E-state index contributed by atoms with van der Waals surface area (Å²) in [5.41, 5.74) is 1.09. The molecule has 0 aliphatic heterocycles. The molecule has 1 aliphatic rings. The topological polar surface area (TPSA) is 98.5 Å². The molecule has 1 amide bonds. The summed E-state index contributed by atoms with van der Waals surface area (Å²) in [4.78, 5) is 36.7. The number of benzene rings is 1. The summed E-state index contributed by atoms with van der Waals surface area (Å²) in [6.45, 7) is 1.97. The van der Waals surface area contributed by atoms with E-state index < -0.39 is 16.8 Å². The van der Waals surface area contributed by atoms with Crippen LogP contribution in [0.5, 0.6) is 0 Å². The molecule has 1 N–H and O–H groups in total. The first-order valence-electron chi connectivity index (χ1n) is 8.99. The monoisotopic (exact) mass is 422 g/mol. The first kappa shape index (κ1) is 20.3. The zero-order valence-electron chi connectivity index (χ0n) is 15.2. The Labute approximate surface area is 170 Å². The van der Waals surface area contributed by atoms with Crippen LogP contribution in [0, 0.1) is 10.1 Å². The normalized spacial score (nSPS) is 13.4. The number of rotatable bonds is 5. The van der Waals surface area contributed by atoms with Gasteiger partial charge < -0.3 is 10.1 Å². The zero-order chi connectivity index (χ0) is 20.3. The molecule has 1 aromatic heterocycles. The second kappa shape index (κ2) is 8.70. The van der Waals surface area contributed by atoms with Gasteiger partial charge in [0.1, 0.15) is 10.0 Å². The number of nitro benzene ring substituents is 1. The maximum absolute atomic E-state index is 12.7. The molecular weight excluding hydrogens is 404 g/mol. The van der Waals surface area contributed by atoms with Crippen molar-refractivity contribution in [2.75, 3.05) is 11.9 Å². The van der Waals surface area contributed by atoms with Crippen molar-refractivity contribution in [3.63, 3.8) is 0 Å². The minimum absolute atomic E-state index is 0.0448. The van der Waals surface area contributed by atoms with Crippen LogP contribution in [-0.4, -0.2) is 23.4 Å². The van der Waals surface area contributed by atoms with Crippen molar-refractivity contribution in [1.29, 1.82) is 0 Å². The van der Waals surface area contributed by atoms with E-state index in [0.29, 0.717) is 10.6 Å². The van der Waals surface area contributed by atoms with Crippen molar-refractivity contribution in [2.24, 2.45) is 0 Å². The van der Waals surface area contributed by atoms with Crippen LogP contribution in [0.25, 0.3) is 0 Å². The molecule has 2 aromatic rings. The first-order valence-corrected chi connectivity index (χ1v) is 10.2. The fraction of sp³-hybridized carbons (Fsp3) is 0.368. The highest BCUT2D eigenvalue weighted by molar-refractivity contribution is 7.17. The van der Waals surface area contributed by atoms with Crippen molar-refractivity contribution in [2.45, 2.75) is 39.0 Å². The van der Waals surface area contributed by atoms with E-state index in [1.165, 1.54) is 23.5 Å². The number of amides is 1. The molecule has 148 valence electrons. The molecule has 28 heavy (non-hydrogen) atoms. The maximum atomic E-state index is 12.7. The standard InChI is InChI=1S/C19H19ClN2O5S/c1-2-27-19(24)16-12-6-4-3-5-7-15(12)28-18(16)21-17(23)11-8-9-13(20)14(10-11)22(25)26/h8-10H,2-7H2,1H3,(H,21,23). The highest BCUT2D eigenvalue weighted by atomic mass is 35.5. The van der Waals surface area contributed by atoms with Crippen molar-refractivity contribution in [3.05, 3.63) is 54.9 Å². The van der Waals surface area contributed by atoms with Gasteiger partial charge in [0.05, 0.1) is 17.1 Å². The summed E-state index contributed by atoms with van der Waals surface area (Å²) in [5, 5.41) is 14.2. The molecule has 1 aromatic carbocycles. The second-order valence-corrected chi connectivity index (χ2v) is 7.88. The van der Waals surface area contributed by atoms with Crippen LogP contribution in [0.4, 0.5) is 10.7 Å². The summed E-state index contributed by atoms with van der Waals surface area (Å²) in [5.74, 6) is -0.999. The van der Waals surface area contributed by atoms with E-state index in [1.807, 2.05) is 0 Å². The molecular formula is C19H19ClN2O5S. The SMILES string of the molecule is CCOC(=O)c1c(NC(=O)c2ccc(Cl)c([N+](=O)[O-])c2)sc2c1CCCCC2. The third kappa shape index (κ3) is 4.18. The van der Waals surface area contributed by atoms with E-state index >= 15 is 0 Å². The zero-order valence-corrected chi connectivity index (χ0v) is 16.8. The second-order valence-electron chi connectivity index (χ2n) is 6.37. The highest BCUT2D eigenvalue weighted by Gasteiger charge is 2.27. The summed E-state index contributed by atoms with van der Waals surface area (Å²) in [6.07, 6.45) is 4.73. The van der Waals surface area contributed by atoms with E-state index in [0.717, 1.165) is 48.6 Å². The lowest BCUT2D eigenvalue weighted by Gasteiger charge is -2.09. The quantitative estimate of drug-likeness (QED) is 0.316. The molecule has 0 saturated heterocycles. The lowest BCUT2D eigenvalue weighted by Crippen LogP contribution is -2.15. The number of nitrogens with zero attached hydrogens (tertiary/aromatic N) is 1. The number of hydrogen-bond donors (Lipinski definition) is 1. The van der Waals surface area contributed by atoms with Gasteiger partial charge in [-0.2, -0.15) is 0 Å². The minimum atomic E-state index is -0.642. The fourth-order valence-corrected chi connectivity index (χ4v) is 4.68. The maximum Gasteiger partial charge on any atom is 0.341 e. The third-order valence-corrected chi connectivity index (χ3v) is 6.06. The Morgan fingerprint density at radius 2 is 2.04 bits per heavy atom. The van der Waals surface area contributed by atoms with Gasteiger partial charge in [-0.05, 0) is 50.3 Å². The molecule has 0 fully saturated rings. The molecule has 0 atom stereocenters. The molecule has 0 spiro atoms. The average Bonchev–Trinajstić information content (AvgIpc) is 2.82. The summed E-state index contributed by atoms with van der Waals surface area (Å²) in [6, 6.07) is 3.85. The highest BCUT2D eigenvalue weighted by Crippen LogP contribution is 2.38. The number of nitro groups is 1. The average molecular weight is 423 g/mol. The number of carbonyl (C=O) groups is 2. The van der Waals surface area contributed by atoms with Crippen LogP contribution in [0.15, 0.2) is 18.2 Å². The van der Waals surface area contributed by atoms with Crippen LogP contribution >= 0.6 is 22.9 Å². The van der Waals surface area contributed by atoms with Crippen molar-refractivity contribution >= 4 is 45.5 Å². The van der Waals surface area contributed by atoms with Gasteiger partial charge in [0, 0.05) is 16.5 Å². The molecule has 3 rings (SSSR count). The Kier molecular flexibility index (Phi) is 6.31. The van der Waals surface area contributed by atoms with Crippen LogP contribution in [-0.2, 0) is 17.6 Å². The summed E-state index contributed by atoms with van der Waals surface area (Å²) < 4.78 is 5.20. The first-order chi connectivity index (χ1) is 13.4. The molecule has 1 aliphatic carbocycles. The smallest absolute Gasteiger partial charge is 0.341 e. The predicted molar refractivity (Wildman–Crippen MR) is 108 cm³/mol.